The molecule has 3 N–H and O–H groups in total. The topological polar surface area (TPSA) is 97.6 Å². The summed E-state index contributed by atoms with van der Waals surface area (Å²) in [6, 6.07) is 5.49. The van der Waals surface area contributed by atoms with Crippen molar-refractivity contribution in [1.29, 1.82) is 0 Å². The molecule has 2 aliphatic rings. The first-order valence-electron chi connectivity index (χ1n) is 7.31. The quantitative estimate of drug-likeness (QED) is 0.721. The maximum Gasteiger partial charge on any atom is 0.175 e. The second kappa shape index (κ2) is 6.60. The molecule has 4 heterocycles. The maximum atomic E-state index is 10.6. The van der Waals surface area contributed by atoms with Gasteiger partial charge in [0, 0.05) is 48.9 Å². The van der Waals surface area contributed by atoms with Gasteiger partial charge in [-0.3, -0.25) is 4.98 Å². The van der Waals surface area contributed by atoms with Crippen molar-refractivity contribution in [2.75, 3.05) is 23.0 Å². The number of hydrazine groups is 1. The lowest BCUT2D eigenvalue weighted by Crippen LogP contribution is -2.51. The first-order valence-corrected chi connectivity index (χ1v) is 7.31. The highest BCUT2D eigenvalue weighted by Gasteiger charge is 2.30. The minimum Gasteiger partial charge on any atom is -0.389 e. The molecule has 0 saturated carbocycles. The molecule has 1 fully saturated rings. The number of hydrogen-bond acceptors (Lipinski definition) is 8. The van der Waals surface area contributed by atoms with Crippen LogP contribution in [0, 0.1) is 0 Å². The molecule has 0 radical (unpaired) electrons. The van der Waals surface area contributed by atoms with Crippen molar-refractivity contribution in [1.82, 2.24) is 20.4 Å². The Morgan fingerprint density at radius 3 is 2.67 bits per heavy atom. The molecule has 0 aromatic carbocycles. The Morgan fingerprint density at radius 2 is 1.96 bits per heavy atom. The van der Waals surface area contributed by atoms with Crippen LogP contribution in [0.4, 0.5) is 11.6 Å². The molecule has 4 rings (SSSR count). The Labute approximate surface area is 144 Å². The molecule has 2 aliphatic heterocycles. The summed E-state index contributed by atoms with van der Waals surface area (Å²) in [5.74, 6) is 1.28. The molecule has 9 heteroatoms. The molecule has 24 heavy (non-hydrogen) atoms. The van der Waals surface area contributed by atoms with Crippen molar-refractivity contribution in [3.63, 3.8) is 0 Å². The third kappa shape index (κ3) is 2.86. The molecular formula is C15H17ClN6O2. The van der Waals surface area contributed by atoms with Crippen LogP contribution in [0.1, 0.15) is 5.56 Å². The average molecular weight is 349 g/mol. The monoisotopic (exact) mass is 348 g/mol. The van der Waals surface area contributed by atoms with E-state index in [0.29, 0.717) is 18.9 Å². The van der Waals surface area contributed by atoms with Crippen molar-refractivity contribution in [3.8, 4) is 0 Å². The van der Waals surface area contributed by atoms with E-state index in [9.17, 15) is 10.2 Å². The number of halogens is 1. The second-order valence-corrected chi connectivity index (χ2v) is 5.51. The van der Waals surface area contributed by atoms with E-state index in [-0.39, 0.29) is 18.5 Å². The van der Waals surface area contributed by atoms with Crippen LogP contribution in [0.5, 0.6) is 0 Å². The molecular weight excluding hydrogens is 332 g/mol. The molecule has 2 aromatic rings. The van der Waals surface area contributed by atoms with Gasteiger partial charge in [-0.2, -0.15) is 0 Å². The van der Waals surface area contributed by atoms with Gasteiger partial charge in [0.15, 0.2) is 12.0 Å². The largest absolute Gasteiger partial charge is 0.389 e. The zero-order valence-corrected chi connectivity index (χ0v) is 13.5. The molecule has 0 aliphatic carbocycles. The van der Waals surface area contributed by atoms with Gasteiger partial charge in [-0.05, 0) is 6.07 Å². The minimum atomic E-state index is -0.871. The van der Waals surface area contributed by atoms with Crippen molar-refractivity contribution >= 4 is 29.6 Å². The predicted octanol–water partition coefficient (Wildman–Crippen LogP) is 0.158. The van der Waals surface area contributed by atoms with Crippen LogP contribution in [0.15, 0.2) is 43.1 Å². The van der Waals surface area contributed by atoms with Crippen molar-refractivity contribution in [3.05, 3.63) is 48.7 Å². The summed E-state index contributed by atoms with van der Waals surface area (Å²) in [5, 5.41) is 21.5. The van der Waals surface area contributed by atoms with Crippen LogP contribution in [-0.4, -0.2) is 50.6 Å². The van der Waals surface area contributed by atoms with Gasteiger partial charge in [-0.25, -0.2) is 15.0 Å². The van der Waals surface area contributed by atoms with Crippen LogP contribution in [-0.2, 0) is 0 Å². The second-order valence-electron chi connectivity index (χ2n) is 5.51. The van der Waals surface area contributed by atoms with E-state index in [1.165, 1.54) is 6.33 Å². The molecule has 0 amide bonds. The number of pyridine rings is 1. The van der Waals surface area contributed by atoms with Crippen LogP contribution in [0.2, 0.25) is 0 Å². The predicted molar refractivity (Wildman–Crippen MR) is 91.3 cm³/mol. The highest BCUT2D eigenvalue weighted by Crippen LogP contribution is 2.28. The van der Waals surface area contributed by atoms with Gasteiger partial charge in [0.05, 0.1) is 6.10 Å². The van der Waals surface area contributed by atoms with E-state index >= 15 is 0 Å². The third-order valence-corrected chi connectivity index (χ3v) is 3.95. The number of hydrogen-bond donors (Lipinski definition) is 3. The van der Waals surface area contributed by atoms with E-state index in [0.717, 1.165) is 17.0 Å². The van der Waals surface area contributed by atoms with Gasteiger partial charge in [-0.15, -0.1) is 12.4 Å². The first kappa shape index (κ1) is 16.4. The number of aliphatic hydroxyl groups excluding tert-OH is 2. The minimum absolute atomic E-state index is 0. The number of aliphatic hydroxyl groups is 2. The van der Waals surface area contributed by atoms with Gasteiger partial charge in [0.1, 0.15) is 12.1 Å². The van der Waals surface area contributed by atoms with E-state index < -0.39 is 6.23 Å². The average Bonchev–Trinajstić information content (AvgIpc) is 2.94. The fourth-order valence-corrected chi connectivity index (χ4v) is 2.66. The molecule has 0 spiro atoms. The summed E-state index contributed by atoms with van der Waals surface area (Å²) < 4.78 is 0. The lowest BCUT2D eigenvalue weighted by molar-refractivity contribution is 0.141. The van der Waals surface area contributed by atoms with E-state index in [4.69, 9.17) is 0 Å². The standard InChI is InChI=1S/C15H16N6O2.ClH/c22-11-7-20(8-11)13-4-14(18-9-17-13)21-15(23)12(6-19-21)10-2-1-3-16-5-10;/h1-6,9,11,15,19,22-23H,7-8H2;1H. The van der Waals surface area contributed by atoms with E-state index in [1.54, 1.807) is 29.7 Å². The fourth-order valence-electron chi connectivity index (χ4n) is 2.66. The number of aromatic nitrogens is 3. The maximum absolute atomic E-state index is 10.6. The molecule has 126 valence electrons. The highest BCUT2D eigenvalue weighted by molar-refractivity contribution is 5.85. The summed E-state index contributed by atoms with van der Waals surface area (Å²) >= 11 is 0. The van der Waals surface area contributed by atoms with Crippen LogP contribution >= 0.6 is 12.4 Å². The number of nitrogens with zero attached hydrogens (tertiary/aromatic N) is 5. The summed E-state index contributed by atoms with van der Waals surface area (Å²) in [7, 11) is 0. The molecule has 0 bridgehead atoms. The Kier molecular flexibility index (Phi) is 4.52. The van der Waals surface area contributed by atoms with E-state index in [2.05, 4.69) is 20.4 Å². The lowest BCUT2D eigenvalue weighted by atomic mass is 10.1. The van der Waals surface area contributed by atoms with Gasteiger partial charge in [0.25, 0.3) is 0 Å². The van der Waals surface area contributed by atoms with Gasteiger partial charge >= 0.3 is 0 Å². The summed E-state index contributed by atoms with van der Waals surface area (Å²) in [5.41, 5.74) is 4.58. The van der Waals surface area contributed by atoms with Crippen molar-refractivity contribution in [2.24, 2.45) is 0 Å². The highest BCUT2D eigenvalue weighted by atomic mass is 35.5. The van der Waals surface area contributed by atoms with Crippen LogP contribution in [0.3, 0.4) is 0 Å². The summed E-state index contributed by atoms with van der Waals surface area (Å²) in [6.45, 7) is 1.12. The molecule has 2 aromatic heterocycles. The molecule has 1 saturated heterocycles. The normalized spacial score (nSPS) is 20.1. The van der Waals surface area contributed by atoms with Gasteiger partial charge < -0.3 is 20.5 Å². The number of β-amino-alcohol motifs (C(OH)–C–C–N with tert-alkyl or cyclic N) is 1. The smallest absolute Gasteiger partial charge is 0.175 e. The number of nitrogens with one attached hydrogen (secondary N) is 1. The Morgan fingerprint density at radius 1 is 1.17 bits per heavy atom. The zero-order valence-electron chi connectivity index (χ0n) is 12.6. The lowest BCUT2D eigenvalue weighted by Gasteiger charge is -2.37. The molecule has 8 nitrogen and oxygen atoms in total. The SMILES string of the molecule is Cl.OC1CN(c2cc(N3NC=C(c4cccnc4)C3O)ncn2)C1. The Bertz CT molecular complexity index is 738. The molecule has 1 unspecified atom stereocenters. The summed E-state index contributed by atoms with van der Waals surface area (Å²) in [6.07, 6.45) is 5.40. The Hall–Kier alpha value is -2.42. The zero-order chi connectivity index (χ0) is 15.8. The van der Waals surface area contributed by atoms with E-state index in [1.807, 2.05) is 17.0 Å². The fraction of sp³-hybridized carbons (Fsp3) is 0.267. The Balaban J connectivity index is 0.00000169. The number of anilines is 2. The van der Waals surface area contributed by atoms with Crippen molar-refractivity contribution in [2.45, 2.75) is 12.3 Å². The van der Waals surface area contributed by atoms with Gasteiger partial charge in [0.2, 0.25) is 0 Å². The third-order valence-electron chi connectivity index (χ3n) is 3.95. The summed E-state index contributed by atoms with van der Waals surface area (Å²) in [4.78, 5) is 14.4. The number of rotatable bonds is 3. The van der Waals surface area contributed by atoms with Crippen LogP contribution < -0.4 is 15.3 Å². The molecule has 1 atom stereocenters. The first-order chi connectivity index (χ1) is 11.2. The van der Waals surface area contributed by atoms with Crippen LogP contribution in [0.25, 0.3) is 5.57 Å². The van der Waals surface area contributed by atoms with Gasteiger partial charge in [-0.1, -0.05) is 6.07 Å². The van der Waals surface area contributed by atoms with Crippen molar-refractivity contribution < 1.29 is 10.2 Å².